The smallest absolute Gasteiger partial charge is 0.260 e. The van der Waals surface area contributed by atoms with Gasteiger partial charge >= 0.3 is 0 Å². The third kappa shape index (κ3) is 5.74. The van der Waals surface area contributed by atoms with E-state index in [9.17, 15) is 13.2 Å². The molecule has 8 heteroatoms. The van der Waals surface area contributed by atoms with Crippen molar-refractivity contribution in [2.24, 2.45) is 5.92 Å². The Morgan fingerprint density at radius 3 is 2.50 bits per heavy atom. The molecule has 1 unspecified atom stereocenters. The maximum Gasteiger partial charge on any atom is 0.260 e. The van der Waals surface area contributed by atoms with Crippen LogP contribution >= 0.6 is 11.6 Å². The lowest BCUT2D eigenvalue weighted by atomic mass is 9.99. The summed E-state index contributed by atoms with van der Waals surface area (Å²) < 4.78 is 33.6. The number of nitrogens with zero attached hydrogens (tertiary/aromatic N) is 1. The van der Waals surface area contributed by atoms with E-state index in [1.165, 1.54) is 18.2 Å². The number of amides is 1. The molecule has 1 fully saturated rings. The molecule has 3 rings (SSSR count). The van der Waals surface area contributed by atoms with Crippen molar-refractivity contribution in [3.8, 4) is 5.75 Å². The number of halogens is 1. The summed E-state index contributed by atoms with van der Waals surface area (Å²) in [6.45, 7) is 5.31. The van der Waals surface area contributed by atoms with Gasteiger partial charge < -0.3 is 9.64 Å². The SMILES string of the molecule is CC1CCN(C(=O)COc2ccc(S(=O)(=O)NC(C)c3ccccc3)cc2Cl)CC1. The lowest BCUT2D eigenvalue weighted by Gasteiger charge is -2.30. The monoisotopic (exact) mass is 450 g/mol. The fraction of sp³-hybridized carbons (Fsp3) is 0.409. The number of ether oxygens (including phenoxy) is 1. The van der Waals surface area contributed by atoms with Crippen LogP contribution in [0.15, 0.2) is 53.4 Å². The van der Waals surface area contributed by atoms with Crippen LogP contribution < -0.4 is 9.46 Å². The molecule has 1 N–H and O–H groups in total. The predicted octanol–water partition coefficient (Wildman–Crippen LogP) is 4.02. The first kappa shape index (κ1) is 22.6. The zero-order valence-corrected chi connectivity index (χ0v) is 18.7. The van der Waals surface area contributed by atoms with Crippen LogP contribution in [-0.4, -0.2) is 38.9 Å². The maximum absolute atomic E-state index is 12.7. The number of likely N-dealkylation sites (tertiary alicyclic amines) is 1. The first-order chi connectivity index (χ1) is 14.3. The van der Waals surface area contributed by atoms with Crippen LogP contribution in [0.1, 0.15) is 38.3 Å². The first-order valence-corrected chi connectivity index (χ1v) is 11.9. The molecular formula is C22H27ClN2O4S. The molecule has 2 aromatic rings. The minimum Gasteiger partial charge on any atom is -0.482 e. The molecule has 0 spiro atoms. The van der Waals surface area contributed by atoms with Gasteiger partial charge in [0.25, 0.3) is 5.91 Å². The van der Waals surface area contributed by atoms with Crippen molar-refractivity contribution in [2.45, 2.75) is 37.6 Å². The minimum absolute atomic E-state index is 0.0407. The van der Waals surface area contributed by atoms with Crippen LogP contribution in [0, 0.1) is 5.92 Å². The second kappa shape index (κ2) is 9.81. The molecule has 162 valence electrons. The standard InChI is InChI=1S/C22H27ClN2O4S/c1-16-10-12-25(13-11-16)22(26)15-29-21-9-8-19(14-20(21)23)30(27,28)24-17(2)18-6-4-3-5-7-18/h3-9,14,16-17,24H,10-13,15H2,1-2H3. The van der Waals surface area contributed by atoms with Crippen LogP contribution in [0.2, 0.25) is 5.02 Å². The number of carbonyl (C=O) groups is 1. The zero-order chi connectivity index (χ0) is 21.7. The van der Waals surface area contributed by atoms with E-state index in [2.05, 4.69) is 11.6 Å². The Kier molecular flexibility index (Phi) is 7.39. The molecule has 0 radical (unpaired) electrons. The Bertz CT molecular complexity index is 974. The number of hydrogen-bond acceptors (Lipinski definition) is 4. The van der Waals surface area contributed by atoms with Crippen molar-refractivity contribution < 1.29 is 17.9 Å². The molecule has 0 bridgehead atoms. The second-order valence-electron chi connectivity index (χ2n) is 7.70. The summed E-state index contributed by atoms with van der Waals surface area (Å²) >= 11 is 6.24. The average Bonchev–Trinajstić information content (AvgIpc) is 2.73. The van der Waals surface area contributed by atoms with E-state index in [4.69, 9.17) is 16.3 Å². The Hall–Kier alpha value is -2.09. The Morgan fingerprint density at radius 2 is 1.87 bits per heavy atom. The highest BCUT2D eigenvalue weighted by Crippen LogP contribution is 2.28. The van der Waals surface area contributed by atoms with E-state index in [-0.39, 0.29) is 28.2 Å². The van der Waals surface area contributed by atoms with Crippen LogP contribution in [-0.2, 0) is 14.8 Å². The number of piperidine rings is 1. The molecule has 1 atom stereocenters. The summed E-state index contributed by atoms with van der Waals surface area (Å²) in [5, 5.41) is 0.144. The molecule has 1 saturated heterocycles. The molecule has 2 aromatic carbocycles. The minimum atomic E-state index is -3.77. The fourth-order valence-corrected chi connectivity index (χ4v) is 4.92. The van der Waals surface area contributed by atoms with Gasteiger partial charge in [0.05, 0.1) is 9.92 Å². The van der Waals surface area contributed by atoms with E-state index in [1.807, 2.05) is 30.3 Å². The molecule has 1 amide bonds. The van der Waals surface area contributed by atoms with Gasteiger partial charge in [0.2, 0.25) is 10.0 Å². The molecule has 6 nitrogen and oxygen atoms in total. The highest BCUT2D eigenvalue weighted by Gasteiger charge is 2.22. The lowest BCUT2D eigenvalue weighted by molar-refractivity contribution is -0.134. The quantitative estimate of drug-likeness (QED) is 0.691. The van der Waals surface area contributed by atoms with Crippen molar-refractivity contribution >= 4 is 27.5 Å². The third-order valence-electron chi connectivity index (χ3n) is 5.33. The lowest BCUT2D eigenvalue weighted by Crippen LogP contribution is -2.40. The highest BCUT2D eigenvalue weighted by molar-refractivity contribution is 7.89. The van der Waals surface area contributed by atoms with E-state index in [0.717, 1.165) is 31.5 Å². The number of rotatable bonds is 7. The van der Waals surface area contributed by atoms with Crippen molar-refractivity contribution in [1.82, 2.24) is 9.62 Å². The predicted molar refractivity (Wildman–Crippen MR) is 117 cm³/mol. The second-order valence-corrected chi connectivity index (χ2v) is 9.82. The summed E-state index contributed by atoms with van der Waals surface area (Å²) in [5.41, 5.74) is 0.859. The van der Waals surface area contributed by atoms with Crippen LogP contribution in [0.5, 0.6) is 5.75 Å². The summed E-state index contributed by atoms with van der Waals surface area (Å²) in [6.07, 6.45) is 1.99. The molecule has 1 aliphatic rings. The van der Waals surface area contributed by atoms with Gasteiger partial charge in [-0.25, -0.2) is 13.1 Å². The largest absolute Gasteiger partial charge is 0.482 e. The fourth-order valence-electron chi connectivity index (χ4n) is 3.37. The van der Waals surface area contributed by atoms with E-state index in [0.29, 0.717) is 5.92 Å². The molecular weight excluding hydrogens is 424 g/mol. The summed E-state index contributed by atoms with van der Waals surface area (Å²) in [7, 11) is -3.77. The Morgan fingerprint density at radius 1 is 1.20 bits per heavy atom. The average molecular weight is 451 g/mol. The van der Waals surface area contributed by atoms with Gasteiger partial charge in [-0.2, -0.15) is 0 Å². The topological polar surface area (TPSA) is 75.7 Å². The number of nitrogens with one attached hydrogen (secondary N) is 1. The van der Waals surface area contributed by atoms with Gasteiger partial charge in [-0.15, -0.1) is 0 Å². The summed E-state index contributed by atoms with van der Waals surface area (Å²) in [5.74, 6) is 0.829. The van der Waals surface area contributed by atoms with Crippen molar-refractivity contribution in [1.29, 1.82) is 0 Å². The molecule has 1 heterocycles. The molecule has 1 aliphatic heterocycles. The van der Waals surface area contributed by atoms with Gasteiger partial charge in [0, 0.05) is 19.1 Å². The first-order valence-electron chi connectivity index (χ1n) is 10.0. The van der Waals surface area contributed by atoms with Crippen LogP contribution in [0.25, 0.3) is 0 Å². The van der Waals surface area contributed by atoms with Gasteiger partial charge in [0.1, 0.15) is 5.75 Å². The van der Waals surface area contributed by atoms with Gasteiger partial charge in [0.15, 0.2) is 6.61 Å². The van der Waals surface area contributed by atoms with E-state index >= 15 is 0 Å². The van der Waals surface area contributed by atoms with Crippen molar-refractivity contribution in [3.05, 3.63) is 59.1 Å². The van der Waals surface area contributed by atoms with E-state index in [1.54, 1.807) is 11.8 Å². The molecule has 0 aliphatic carbocycles. The van der Waals surface area contributed by atoms with Crippen LogP contribution in [0.4, 0.5) is 0 Å². The highest BCUT2D eigenvalue weighted by atomic mass is 35.5. The van der Waals surface area contributed by atoms with Gasteiger partial charge in [-0.1, -0.05) is 48.9 Å². The Labute approximate surface area is 183 Å². The van der Waals surface area contributed by atoms with Gasteiger partial charge in [-0.05, 0) is 49.4 Å². The summed E-state index contributed by atoms with van der Waals surface area (Å²) in [6, 6.07) is 13.2. The van der Waals surface area contributed by atoms with Crippen molar-refractivity contribution in [2.75, 3.05) is 19.7 Å². The van der Waals surface area contributed by atoms with Crippen molar-refractivity contribution in [3.63, 3.8) is 0 Å². The number of benzene rings is 2. The molecule has 0 saturated carbocycles. The van der Waals surface area contributed by atoms with Gasteiger partial charge in [-0.3, -0.25) is 4.79 Å². The number of sulfonamides is 1. The number of carbonyl (C=O) groups excluding carboxylic acids is 1. The summed E-state index contributed by atoms with van der Waals surface area (Å²) in [4.78, 5) is 14.2. The molecule has 0 aromatic heterocycles. The Balaban J connectivity index is 1.62. The number of hydrogen-bond donors (Lipinski definition) is 1. The molecule has 30 heavy (non-hydrogen) atoms. The third-order valence-corrected chi connectivity index (χ3v) is 7.17. The van der Waals surface area contributed by atoms with Crippen LogP contribution in [0.3, 0.4) is 0 Å². The normalized spacial score (nSPS) is 16.3. The van der Waals surface area contributed by atoms with E-state index < -0.39 is 16.1 Å². The maximum atomic E-state index is 12.7. The zero-order valence-electron chi connectivity index (χ0n) is 17.2.